The molecular weight excluding hydrogens is 283 g/mol. The molecule has 0 amide bonds. The van der Waals surface area contributed by atoms with E-state index in [-0.39, 0.29) is 11.5 Å². The van der Waals surface area contributed by atoms with Crippen molar-refractivity contribution in [3.63, 3.8) is 0 Å². The summed E-state index contributed by atoms with van der Waals surface area (Å²) >= 11 is 0. The second-order valence-corrected chi connectivity index (χ2v) is 7.59. The maximum absolute atomic E-state index is 13.8. The molecule has 1 aliphatic rings. The first-order valence-corrected chi connectivity index (χ1v) is 8.13. The van der Waals surface area contributed by atoms with Gasteiger partial charge in [-0.25, -0.2) is 17.6 Å². The summed E-state index contributed by atoms with van der Waals surface area (Å²) in [6, 6.07) is 2.90. The molecule has 20 heavy (non-hydrogen) atoms. The number of hydrogen-bond donors (Lipinski definition) is 1. The fourth-order valence-corrected chi connectivity index (χ4v) is 4.74. The molecule has 0 aliphatic heterocycles. The monoisotopic (exact) mass is 300 g/mol. The van der Waals surface area contributed by atoms with E-state index in [9.17, 15) is 17.6 Å². The Balaban J connectivity index is 2.43. The van der Waals surface area contributed by atoms with E-state index in [1.54, 1.807) is 0 Å². The van der Waals surface area contributed by atoms with Crippen LogP contribution in [0.4, 0.5) is 4.39 Å². The van der Waals surface area contributed by atoms with Gasteiger partial charge >= 0.3 is 5.97 Å². The predicted octanol–water partition coefficient (Wildman–Crippen LogP) is 2.88. The Kier molecular flexibility index (Phi) is 4.13. The van der Waals surface area contributed by atoms with Gasteiger partial charge in [0.2, 0.25) is 0 Å². The van der Waals surface area contributed by atoms with Crippen molar-refractivity contribution in [1.29, 1.82) is 0 Å². The third-order valence-electron chi connectivity index (χ3n) is 3.81. The Hall–Kier alpha value is -1.43. The lowest BCUT2D eigenvalue weighted by atomic mass is 9.91. The molecule has 1 saturated carbocycles. The maximum atomic E-state index is 13.8. The quantitative estimate of drug-likeness (QED) is 0.931. The number of carboxylic acids is 1. The highest BCUT2D eigenvalue weighted by Crippen LogP contribution is 2.33. The van der Waals surface area contributed by atoms with Crippen LogP contribution < -0.4 is 0 Å². The molecule has 110 valence electrons. The van der Waals surface area contributed by atoms with E-state index in [0.717, 1.165) is 31.0 Å². The molecule has 4 nitrogen and oxygen atoms in total. The van der Waals surface area contributed by atoms with E-state index in [1.807, 2.05) is 6.92 Å². The lowest BCUT2D eigenvalue weighted by Gasteiger charge is -2.26. The first kappa shape index (κ1) is 15.0. The average Bonchev–Trinajstić information content (AvgIpc) is 2.38. The van der Waals surface area contributed by atoms with Crippen LogP contribution in [0.2, 0.25) is 0 Å². The van der Waals surface area contributed by atoms with Crippen LogP contribution in [0.15, 0.2) is 23.1 Å². The minimum atomic E-state index is -3.82. The molecule has 0 saturated heterocycles. The summed E-state index contributed by atoms with van der Waals surface area (Å²) in [5.74, 6) is -1.86. The zero-order valence-corrected chi connectivity index (χ0v) is 12.0. The third kappa shape index (κ3) is 2.85. The maximum Gasteiger partial charge on any atom is 0.335 e. The Bertz CT molecular complexity index is 624. The molecule has 1 aromatic rings. The smallest absolute Gasteiger partial charge is 0.335 e. The van der Waals surface area contributed by atoms with Gasteiger partial charge in [-0.15, -0.1) is 0 Å². The normalized spacial score (nSPS) is 23.5. The van der Waals surface area contributed by atoms with Crippen LogP contribution in [0.5, 0.6) is 0 Å². The molecule has 2 unspecified atom stereocenters. The van der Waals surface area contributed by atoms with Gasteiger partial charge in [0.05, 0.1) is 10.8 Å². The number of benzene rings is 1. The minimum Gasteiger partial charge on any atom is -0.478 e. The highest BCUT2D eigenvalue weighted by atomic mass is 32.2. The second-order valence-electron chi connectivity index (χ2n) is 5.39. The highest BCUT2D eigenvalue weighted by molar-refractivity contribution is 7.92. The number of carboxylic acid groups (broad SMARTS) is 1. The minimum absolute atomic E-state index is 0.214. The fourth-order valence-electron chi connectivity index (χ4n) is 2.69. The lowest BCUT2D eigenvalue weighted by molar-refractivity contribution is 0.0696. The van der Waals surface area contributed by atoms with Gasteiger partial charge in [0.15, 0.2) is 9.84 Å². The van der Waals surface area contributed by atoms with Crippen molar-refractivity contribution in [3.8, 4) is 0 Å². The number of sulfone groups is 1. The predicted molar refractivity (Wildman–Crippen MR) is 72.0 cm³/mol. The first-order chi connectivity index (χ1) is 9.32. The van der Waals surface area contributed by atoms with Gasteiger partial charge < -0.3 is 5.11 Å². The molecule has 1 fully saturated rings. The molecule has 2 atom stereocenters. The number of hydrogen-bond acceptors (Lipinski definition) is 3. The van der Waals surface area contributed by atoms with Crippen LogP contribution in [0.3, 0.4) is 0 Å². The summed E-state index contributed by atoms with van der Waals surface area (Å²) in [4.78, 5) is 10.4. The van der Waals surface area contributed by atoms with E-state index in [0.29, 0.717) is 12.8 Å². The summed E-state index contributed by atoms with van der Waals surface area (Å²) in [7, 11) is -3.82. The molecule has 6 heteroatoms. The third-order valence-corrected chi connectivity index (χ3v) is 6.04. The fraction of sp³-hybridized carbons (Fsp3) is 0.500. The molecule has 0 heterocycles. The van der Waals surface area contributed by atoms with Crippen LogP contribution in [-0.2, 0) is 9.84 Å². The molecule has 1 aromatic carbocycles. The molecule has 0 spiro atoms. The molecule has 0 radical (unpaired) electrons. The van der Waals surface area contributed by atoms with E-state index >= 15 is 0 Å². The van der Waals surface area contributed by atoms with Gasteiger partial charge in [-0.1, -0.05) is 19.8 Å². The van der Waals surface area contributed by atoms with E-state index in [4.69, 9.17) is 5.11 Å². The van der Waals surface area contributed by atoms with Gasteiger partial charge in [-0.3, -0.25) is 0 Å². The highest BCUT2D eigenvalue weighted by Gasteiger charge is 2.33. The largest absolute Gasteiger partial charge is 0.478 e. The van der Waals surface area contributed by atoms with Crippen LogP contribution in [-0.4, -0.2) is 24.7 Å². The molecule has 0 bridgehead atoms. The molecule has 0 aromatic heterocycles. The standard InChI is InChI=1S/C14H17FO4S/c1-9-3-2-4-11(7-9)20(18,19)13-8-10(14(16)17)5-6-12(13)15/h5-6,8-9,11H,2-4,7H2,1H3,(H,16,17). The number of aromatic carboxylic acids is 1. The first-order valence-electron chi connectivity index (χ1n) is 6.59. The summed E-state index contributed by atoms with van der Waals surface area (Å²) in [5.41, 5.74) is -0.214. The summed E-state index contributed by atoms with van der Waals surface area (Å²) in [5, 5.41) is 8.28. The van der Waals surface area contributed by atoms with Crippen molar-refractivity contribution in [2.24, 2.45) is 5.92 Å². The zero-order valence-electron chi connectivity index (χ0n) is 11.2. The van der Waals surface area contributed by atoms with Crippen LogP contribution >= 0.6 is 0 Å². The Morgan fingerprint density at radius 2 is 2.05 bits per heavy atom. The van der Waals surface area contributed by atoms with E-state index in [1.165, 1.54) is 0 Å². The number of rotatable bonds is 3. The van der Waals surface area contributed by atoms with Crippen molar-refractivity contribution in [1.82, 2.24) is 0 Å². The van der Waals surface area contributed by atoms with Crippen molar-refractivity contribution < 1.29 is 22.7 Å². The summed E-state index contributed by atoms with van der Waals surface area (Å²) in [6.45, 7) is 1.98. The molecular formula is C14H17FO4S. The van der Waals surface area contributed by atoms with Crippen LogP contribution in [0.25, 0.3) is 0 Å². The van der Waals surface area contributed by atoms with Crippen molar-refractivity contribution in [3.05, 3.63) is 29.6 Å². The van der Waals surface area contributed by atoms with Crippen LogP contribution in [0, 0.1) is 11.7 Å². The van der Waals surface area contributed by atoms with Gasteiger partial charge in [-0.2, -0.15) is 0 Å². The van der Waals surface area contributed by atoms with Gasteiger partial charge in [-0.05, 0) is 37.0 Å². The van der Waals surface area contributed by atoms with Gasteiger partial charge in [0.25, 0.3) is 0 Å². The summed E-state index contributed by atoms with van der Waals surface area (Å²) < 4.78 is 38.8. The molecule has 1 N–H and O–H groups in total. The van der Waals surface area contributed by atoms with Gasteiger partial charge in [0.1, 0.15) is 10.7 Å². The van der Waals surface area contributed by atoms with E-state index in [2.05, 4.69) is 0 Å². The van der Waals surface area contributed by atoms with Crippen LogP contribution in [0.1, 0.15) is 43.0 Å². The molecule has 2 rings (SSSR count). The average molecular weight is 300 g/mol. The Labute approximate surface area is 117 Å². The SMILES string of the molecule is CC1CCCC(S(=O)(=O)c2cc(C(=O)O)ccc2F)C1. The lowest BCUT2D eigenvalue weighted by Crippen LogP contribution is -2.28. The zero-order chi connectivity index (χ0) is 14.9. The number of halogens is 1. The Morgan fingerprint density at radius 1 is 1.35 bits per heavy atom. The van der Waals surface area contributed by atoms with Crippen molar-refractivity contribution in [2.45, 2.75) is 42.8 Å². The topological polar surface area (TPSA) is 71.4 Å². The second kappa shape index (κ2) is 5.52. The molecule has 1 aliphatic carbocycles. The summed E-state index contributed by atoms with van der Waals surface area (Å²) in [6.07, 6.45) is 2.78. The van der Waals surface area contributed by atoms with Crippen molar-refractivity contribution >= 4 is 15.8 Å². The number of carbonyl (C=O) groups is 1. The Morgan fingerprint density at radius 3 is 2.65 bits per heavy atom. The van der Waals surface area contributed by atoms with Gasteiger partial charge in [0, 0.05) is 0 Å². The van der Waals surface area contributed by atoms with Crippen molar-refractivity contribution in [2.75, 3.05) is 0 Å². The van der Waals surface area contributed by atoms with E-state index < -0.39 is 31.8 Å².